The van der Waals surface area contributed by atoms with E-state index in [1.807, 2.05) is 18.2 Å². The van der Waals surface area contributed by atoms with Gasteiger partial charge in [-0.05, 0) is 66.2 Å². The monoisotopic (exact) mass is 568 g/mol. The second-order valence-electron chi connectivity index (χ2n) is 8.38. The number of ether oxygens (including phenoxy) is 1. The van der Waals surface area contributed by atoms with Gasteiger partial charge in [0.15, 0.2) is 0 Å². The second kappa shape index (κ2) is 13.5. The summed E-state index contributed by atoms with van der Waals surface area (Å²) >= 11 is 5.84. The van der Waals surface area contributed by atoms with Crippen molar-refractivity contribution in [3.63, 3.8) is 0 Å². The number of nitrogens with one attached hydrogen (secondary N) is 2. The van der Waals surface area contributed by atoms with Crippen LogP contribution >= 0.6 is 11.6 Å². The van der Waals surface area contributed by atoms with E-state index in [2.05, 4.69) is 15.8 Å². The van der Waals surface area contributed by atoms with E-state index in [0.717, 1.165) is 17.8 Å². The van der Waals surface area contributed by atoms with E-state index in [-0.39, 0.29) is 28.5 Å². The molecule has 0 unspecified atom stereocenters. The number of hydrogen-bond donors (Lipinski definition) is 2. The van der Waals surface area contributed by atoms with Crippen LogP contribution in [0.5, 0.6) is 5.75 Å². The lowest BCUT2D eigenvalue weighted by Gasteiger charge is -2.07. The topological polar surface area (TPSA) is 140 Å². The number of anilines is 1. The van der Waals surface area contributed by atoms with Gasteiger partial charge in [0.25, 0.3) is 17.5 Å². The van der Waals surface area contributed by atoms with Crippen LogP contribution in [0.15, 0.2) is 108 Å². The van der Waals surface area contributed by atoms with Crippen LogP contribution in [0.1, 0.15) is 31.8 Å². The van der Waals surface area contributed by atoms with Gasteiger partial charge < -0.3 is 10.1 Å². The molecular weight excluding hydrogens is 548 g/mol. The van der Waals surface area contributed by atoms with Gasteiger partial charge in [0.1, 0.15) is 5.75 Å². The number of halogens is 1. The summed E-state index contributed by atoms with van der Waals surface area (Å²) in [4.78, 5) is 47.9. The third-order valence-corrected chi connectivity index (χ3v) is 5.76. The smallest absolute Gasteiger partial charge is 0.336 e. The lowest BCUT2D eigenvalue weighted by atomic mass is 10.1. The number of benzene rings is 4. The number of nitro benzene ring substituents is 1. The first-order valence-corrected chi connectivity index (χ1v) is 12.4. The average molecular weight is 569 g/mol. The van der Waals surface area contributed by atoms with E-state index < -0.39 is 16.8 Å². The highest BCUT2D eigenvalue weighted by atomic mass is 35.5. The molecular formula is C30H21ClN4O6. The zero-order valence-corrected chi connectivity index (χ0v) is 21.9. The predicted octanol–water partition coefficient (Wildman–Crippen LogP) is 5.88. The molecule has 0 spiro atoms. The molecule has 0 aliphatic heterocycles. The maximum atomic E-state index is 12.6. The molecule has 0 saturated carbocycles. The largest absolute Gasteiger partial charge is 0.423 e. The summed E-state index contributed by atoms with van der Waals surface area (Å²) < 4.78 is 5.33. The Hall–Kier alpha value is -5.61. The van der Waals surface area contributed by atoms with E-state index in [0.29, 0.717) is 16.3 Å². The molecule has 0 fully saturated rings. The Bertz CT molecular complexity index is 1640. The van der Waals surface area contributed by atoms with Crippen LogP contribution in [0.3, 0.4) is 0 Å². The van der Waals surface area contributed by atoms with E-state index in [1.165, 1.54) is 30.3 Å². The van der Waals surface area contributed by atoms with Crippen LogP contribution < -0.4 is 15.5 Å². The van der Waals surface area contributed by atoms with Crippen LogP contribution in [0, 0.1) is 10.1 Å². The number of hydrogen-bond acceptors (Lipinski definition) is 7. The van der Waals surface area contributed by atoms with Gasteiger partial charge in [-0.25, -0.2) is 10.2 Å². The molecule has 0 aromatic heterocycles. The van der Waals surface area contributed by atoms with Gasteiger partial charge in [-0.1, -0.05) is 41.9 Å². The fourth-order valence-electron chi connectivity index (χ4n) is 3.45. The van der Waals surface area contributed by atoms with Crippen molar-refractivity contribution in [1.82, 2.24) is 5.43 Å². The number of hydrazone groups is 1. The van der Waals surface area contributed by atoms with Gasteiger partial charge in [0.05, 0.1) is 11.1 Å². The number of nitro groups is 1. The molecule has 0 bridgehead atoms. The first-order valence-electron chi connectivity index (χ1n) is 12.0. The summed E-state index contributed by atoms with van der Waals surface area (Å²) in [5, 5.41) is 18.3. The van der Waals surface area contributed by atoms with Crippen molar-refractivity contribution < 1.29 is 24.0 Å². The Morgan fingerprint density at radius 1 is 0.854 bits per heavy atom. The highest BCUT2D eigenvalue weighted by Gasteiger charge is 2.13. The van der Waals surface area contributed by atoms with Crippen molar-refractivity contribution in [1.29, 1.82) is 0 Å². The molecule has 0 atom stereocenters. The van der Waals surface area contributed by atoms with Gasteiger partial charge in [0.2, 0.25) is 0 Å². The third-order valence-electron chi connectivity index (χ3n) is 5.51. The van der Waals surface area contributed by atoms with Gasteiger partial charge >= 0.3 is 5.97 Å². The van der Waals surface area contributed by atoms with E-state index >= 15 is 0 Å². The quantitative estimate of drug-likeness (QED) is 0.0645. The number of rotatable bonds is 9. The van der Waals surface area contributed by atoms with Crippen molar-refractivity contribution in [3.05, 3.63) is 141 Å². The fourth-order valence-corrected chi connectivity index (χ4v) is 3.57. The minimum Gasteiger partial charge on any atom is -0.423 e. The van der Waals surface area contributed by atoms with Crippen molar-refractivity contribution in [2.75, 3.05) is 5.32 Å². The van der Waals surface area contributed by atoms with Crippen LogP contribution in [-0.4, -0.2) is 28.9 Å². The Morgan fingerprint density at radius 3 is 2.20 bits per heavy atom. The Morgan fingerprint density at radius 2 is 1.51 bits per heavy atom. The number of non-ortho nitro benzene ring substituents is 1. The molecule has 204 valence electrons. The van der Waals surface area contributed by atoms with Crippen LogP contribution in [0.2, 0.25) is 5.02 Å². The molecule has 4 aromatic carbocycles. The molecule has 10 nitrogen and oxygen atoms in total. The van der Waals surface area contributed by atoms with Gasteiger partial charge in [-0.15, -0.1) is 0 Å². The van der Waals surface area contributed by atoms with Gasteiger partial charge in [0, 0.05) is 45.6 Å². The second-order valence-corrected chi connectivity index (χ2v) is 8.82. The number of carbonyl (C=O) groups is 3. The zero-order chi connectivity index (χ0) is 29.2. The van der Waals surface area contributed by atoms with Gasteiger partial charge in [-0.3, -0.25) is 19.7 Å². The SMILES string of the molecule is O=C(/C=C/c1ccccc1)Oc1ccc([N+](=O)[O-])cc1/C=N/NC(=O)c1ccc(NC(=O)c2ccc(Cl)cc2)cc1. The standard InChI is InChI=1S/C30H21ClN4O6/c31-24-11-7-21(8-12-24)29(37)33-25-13-9-22(10-14-25)30(38)34-32-19-23-18-26(35(39)40)15-16-27(23)41-28(36)17-6-20-4-2-1-3-5-20/h1-19H,(H,33,37)(H,34,38)/b17-6+,32-19+. The number of amides is 2. The molecule has 0 aliphatic carbocycles. The highest BCUT2D eigenvalue weighted by Crippen LogP contribution is 2.23. The Kier molecular flexibility index (Phi) is 9.32. The van der Waals surface area contributed by atoms with E-state index in [4.69, 9.17) is 16.3 Å². The lowest BCUT2D eigenvalue weighted by molar-refractivity contribution is -0.384. The van der Waals surface area contributed by atoms with E-state index in [9.17, 15) is 24.5 Å². The molecule has 2 N–H and O–H groups in total. The van der Waals surface area contributed by atoms with Crippen LogP contribution in [0.4, 0.5) is 11.4 Å². The average Bonchev–Trinajstić information content (AvgIpc) is 2.98. The highest BCUT2D eigenvalue weighted by molar-refractivity contribution is 6.30. The van der Waals surface area contributed by atoms with E-state index in [1.54, 1.807) is 54.6 Å². The molecule has 0 saturated heterocycles. The first-order chi connectivity index (χ1) is 19.8. The Labute approximate surface area is 239 Å². The summed E-state index contributed by atoms with van der Waals surface area (Å²) in [5.41, 5.74) is 4.08. The minimum absolute atomic E-state index is 0.0112. The molecule has 0 heterocycles. The van der Waals surface area contributed by atoms with Crippen molar-refractivity contribution in [2.45, 2.75) is 0 Å². The van der Waals surface area contributed by atoms with Crippen LogP contribution in [0.25, 0.3) is 6.08 Å². The molecule has 4 rings (SSSR count). The molecule has 41 heavy (non-hydrogen) atoms. The maximum absolute atomic E-state index is 12.6. The van der Waals surface area contributed by atoms with Crippen molar-refractivity contribution >= 4 is 53.0 Å². The molecule has 0 aliphatic rings. The summed E-state index contributed by atoms with van der Waals surface area (Å²) in [7, 11) is 0. The number of esters is 1. The number of carbonyl (C=O) groups excluding carboxylic acids is 3. The molecule has 2 amide bonds. The normalized spacial score (nSPS) is 10.9. The lowest BCUT2D eigenvalue weighted by Crippen LogP contribution is -2.18. The van der Waals surface area contributed by atoms with Crippen molar-refractivity contribution in [3.8, 4) is 5.75 Å². The number of nitrogens with zero attached hydrogens (tertiary/aromatic N) is 2. The Balaban J connectivity index is 1.40. The van der Waals surface area contributed by atoms with Gasteiger partial charge in [-0.2, -0.15) is 5.10 Å². The molecule has 11 heteroatoms. The molecule has 0 radical (unpaired) electrons. The first kappa shape index (κ1) is 28.4. The minimum atomic E-state index is -0.704. The fraction of sp³-hybridized carbons (Fsp3) is 0. The third kappa shape index (κ3) is 8.19. The summed E-state index contributed by atoms with van der Waals surface area (Å²) in [6.07, 6.45) is 3.92. The maximum Gasteiger partial charge on any atom is 0.336 e. The van der Waals surface area contributed by atoms with Crippen LogP contribution in [-0.2, 0) is 4.79 Å². The zero-order valence-electron chi connectivity index (χ0n) is 21.2. The summed E-state index contributed by atoms with van der Waals surface area (Å²) in [6.45, 7) is 0. The summed E-state index contributed by atoms with van der Waals surface area (Å²) in [5.74, 6) is -1.61. The van der Waals surface area contributed by atoms with Crippen molar-refractivity contribution in [2.24, 2.45) is 5.10 Å². The molecule has 4 aromatic rings. The summed E-state index contributed by atoms with van der Waals surface area (Å²) in [6, 6.07) is 25.2. The predicted molar refractivity (Wildman–Crippen MR) is 155 cm³/mol.